The Morgan fingerprint density at radius 3 is 2.35 bits per heavy atom. The van der Waals surface area contributed by atoms with E-state index in [1.807, 2.05) is 47.4 Å². The van der Waals surface area contributed by atoms with E-state index < -0.39 is 6.04 Å². The van der Waals surface area contributed by atoms with Crippen LogP contribution >= 0.6 is 0 Å². The Labute approximate surface area is 201 Å². The van der Waals surface area contributed by atoms with Crippen LogP contribution in [-0.2, 0) is 16.0 Å². The number of ether oxygens (including phenoxy) is 3. The van der Waals surface area contributed by atoms with Crippen LogP contribution in [0, 0.1) is 0 Å². The van der Waals surface area contributed by atoms with Gasteiger partial charge in [-0.1, -0.05) is 37.5 Å². The van der Waals surface area contributed by atoms with Crippen LogP contribution in [-0.4, -0.2) is 62.1 Å². The van der Waals surface area contributed by atoms with E-state index >= 15 is 0 Å². The molecular weight excluding hydrogens is 432 g/mol. The molecule has 4 rings (SSSR count). The Morgan fingerprint density at radius 2 is 1.65 bits per heavy atom. The minimum absolute atomic E-state index is 0.00654. The SMILES string of the molecule is COc1cccc(C2C(=O)N(C3CCCCC3)CC(=O)N2CCc2ccc(OC)c(OC)c2)c1. The monoisotopic (exact) mass is 466 g/mol. The second-order valence-electron chi connectivity index (χ2n) is 8.96. The minimum Gasteiger partial charge on any atom is -0.497 e. The van der Waals surface area contributed by atoms with Crippen molar-refractivity contribution >= 4 is 11.8 Å². The lowest BCUT2D eigenvalue weighted by molar-refractivity contribution is -0.159. The van der Waals surface area contributed by atoms with Gasteiger partial charge < -0.3 is 24.0 Å². The lowest BCUT2D eigenvalue weighted by Gasteiger charge is -2.44. The number of hydrogen-bond donors (Lipinski definition) is 0. The maximum absolute atomic E-state index is 13.8. The van der Waals surface area contributed by atoms with Crippen LogP contribution in [0.1, 0.15) is 49.3 Å². The fourth-order valence-corrected chi connectivity index (χ4v) is 5.12. The molecule has 34 heavy (non-hydrogen) atoms. The van der Waals surface area contributed by atoms with E-state index in [-0.39, 0.29) is 24.4 Å². The third-order valence-corrected chi connectivity index (χ3v) is 6.97. The molecule has 0 bridgehead atoms. The van der Waals surface area contributed by atoms with E-state index in [1.54, 1.807) is 26.2 Å². The molecule has 1 aliphatic heterocycles. The first-order chi connectivity index (χ1) is 16.5. The molecule has 2 aliphatic rings. The first kappa shape index (κ1) is 23.9. The number of piperazine rings is 1. The molecule has 0 spiro atoms. The van der Waals surface area contributed by atoms with E-state index in [0.29, 0.717) is 30.2 Å². The second kappa shape index (κ2) is 10.8. The van der Waals surface area contributed by atoms with E-state index in [1.165, 1.54) is 6.42 Å². The van der Waals surface area contributed by atoms with Crippen molar-refractivity contribution in [3.63, 3.8) is 0 Å². The molecule has 1 aliphatic carbocycles. The van der Waals surface area contributed by atoms with Crippen molar-refractivity contribution in [3.8, 4) is 17.2 Å². The van der Waals surface area contributed by atoms with Crippen LogP contribution in [0.25, 0.3) is 0 Å². The zero-order valence-corrected chi connectivity index (χ0v) is 20.3. The van der Waals surface area contributed by atoms with Crippen molar-refractivity contribution in [1.29, 1.82) is 0 Å². The van der Waals surface area contributed by atoms with Gasteiger partial charge in [0, 0.05) is 12.6 Å². The Morgan fingerprint density at radius 1 is 0.882 bits per heavy atom. The van der Waals surface area contributed by atoms with Crippen LogP contribution in [0.4, 0.5) is 0 Å². The number of amides is 2. The van der Waals surface area contributed by atoms with Crippen molar-refractivity contribution in [2.75, 3.05) is 34.4 Å². The van der Waals surface area contributed by atoms with E-state index in [0.717, 1.165) is 36.8 Å². The second-order valence-corrected chi connectivity index (χ2v) is 8.96. The van der Waals surface area contributed by atoms with Gasteiger partial charge in [-0.15, -0.1) is 0 Å². The molecule has 1 saturated carbocycles. The van der Waals surface area contributed by atoms with Gasteiger partial charge in [-0.25, -0.2) is 0 Å². The van der Waals surface area contributed by atoms with Gasteiger partial charge in [-0.05, 0) is 54.7 Å². The maximum atomic E-state index is 13.8. The molecule has 2 fully saturated rings. The summed E-state index contributed by atoms with van der Waals surface area (Å²) in [6, 6.07) is 12.7. The summed E-state index contributed by atoms with van der Waals surface area (Å²) in [4.78, 5) is 30.8. The number of carbonyl (C=O) groups is 2. The van der Waals surface area contributed by atoms with Gasteiger partial charge in [-0.3, -0.25) is 9.59 Å². The summed E-state index contributed by atoms with van der Waals surface area (Å²) in [6.07, 6.45) is 5.95. The van der Waals surface area contributed by atoms with Crippen molar-refractivity contribution in [2.45, 2.75) is 50.6 Å². The predicted octanol–water partition coefficient (Wildman–Crippen LogP) is 4.00. The molecule has 1 unspecified atom stereocenters. The predicted molar refractivity (Wildman–Crippen MR) is 129 cm³/mol. The Hall–Kier alpha value is -3.22. The molecule has 7 nitrogen and oxygen atoms in total. The number of benzene rings is 2. The van der Waals surface area contributed by atoms with Crippen molar-refractivity contribution < 1.29 is 23.8 Å². The average molecular weight is 467 g/mol. The number of methoxy groups -OCH3 is 3. The highest BCUT2D eigenvalue weighted by molar-refractivity contribution is 5.96. The summed E-state index contributed by atoms with van der Waals surface area (Å²) in [5.41, 5.74) is 1.79. The average Bonchev–Trinajstić information content (AvgIpc) is 2.89. The largest absolute Gasteiger partial charge is 0.497 e. The summed E-state index contributed by atoms with van der Waals surface area (Å²) >= 11 is 0. The molecule has 182 valence electrons. The zero-order chi connectivity index (χ0) is 24.1. The molecular formula is C27H34N2O5. The van der Waals surface area contributed by atoms with Gasteiger partial charge >= 0.3 is 0 Å². The normalized spacial score (nSPS) is 19.3. The molecule has 1 saturated heterocycles. The van der Waals surface area contributed by atoms with Crippen LogP contribution in [0.3, 0.4) is 0 Å². The Bertz CT molecular complexity index is 1020. The summed E-state index contributed by atoms with van der Waals surface area (Å²) in [5.74, 6) is 1.97. The molecule has 1 atom stereocenters. The highest BCUT2D eigenvalue weighted by atomic mass is 16.5. The highest BCUT2D eigenvalue weighted by Gasteiger charge is 2.42. The molecule has 1 heterocycles. The molecule has 0 radical (unpaired) electrons. The molecule has 2 amide bonds. The lowest BCUT2D eigenvalue weighted by Crippen LogP contribution is -2.58. The molecule has 0 aromatic heterocycles. The van der Waals surface area contributed by atoms with E-state index in [2.05, 4.69) is 0 Å². The van der Waals surface area contributed by atoms with Crippen LogP contribution in [0.2, 0.25) is 0 Å². The summed E-state index contributed by atoms with van der Waals surface area (Å²) < 4.78 is 16.2. The molecule has 2 aromatic rings. The van der Waals surface area contributed by atoms with Crippen molar-refractivity contribution in [1.82, 2.24) is 9.80 Å². The van der Waals surface area contributed by atoms with Gasteiger partial charge in [-0.2, -0.15) is 0 Å². The van der Waals surface area contributed by atoms with E-state index in [9.17, 15) is 9.59 Å². The lowest BCUT2D eigenvalue weighted by atomic mass is 9.91. The number of carbonyl (C=O) groups excluding carboxylic acids is 2. The fourth-order valence-electron chi connectivity index (χ4n) is 5.12. The summed E-state index contributed by atoms with van der Waals surface area (Å²) in [7, 11) is 4.82. The Kier molecular flexibility index (Phi) is 7.60. The molecule has 0 N–H and O–H groups in total. The minimum atomic E-state index is -0.654. The van der Waals surface area contributed by atoms with Crippen LogP contribution < -0.4 is 14.2 Å². The standard InChI is InChI=1S/C27H34N2O5/c1-32-22-11-7-8-20(17-22)26-27(31)29(21-9-5-4-6-10-21)18-25(30)28(26)15-14-19-12-13-23(33-2)24(16-19)34-3/h7-8,11-13,16-17,21,26H,4-6,9-10,14-15,18H2,1-3H3. The van der Waals surface area contributed by atoms with Gasteiger partial charge in [0.2, 0.25) is 5.91 Å². The fraction of sp³-hybridized carbons (Fsp3) is 0.481. The quantitative estimate of drug-likeness (QED) is 0.588. The first-order valence-corrected chi connectivity index (χ1v) is 12.0. The van der Waals surface area contributed by atoms with Crippen molar-refractivity contribution in [3.05, 3.63) is 53.6 Å². The van der Waals surface area contributed by atoms with Crippen LogP contribution in [0.5, 0.6) is 17.2 Å². The van der Waals surface area contributed by atoms with Gasteiger partial charge in [0.05, 0.1) is 21.3 Å². The molecule has 2 aromatic carbocycles. The third-order valence-electron chi connectivity index (χ3n) is 6.97. The van der Waals surface area contributed by atoms with Gasteiger partial charge in [0.15, 0.2) is 11.5 Å². The van der Waals surface area contributed by atoms with Crippen molar-refractivity contribution in [2.24, 2.45) is 0 Å². The third kappa shape index (κ3) is 4.98. The Balaban J connectivity index is 1.61. The highest BCUT2D eigenvalue weighted by Crippen LogP contribution is 2.34. The number of nitrogens with zero attached hydrogens (tertiary/aromatic N) is 2. The summed E-state index contributed by atoms with van der Waals surface area (Å²) in [5, 5.41) is 0. The van der Waals surface area contributed by atoms with Gasteiger partial charge in [0.1, 0.15) is 18.3 Å². The molecule has 7 heteroatoms. The van der Waals surface area contributed by atoms with E-state index in [4.69, 9.17) is 14.2 Å². The van der Waals surface area contributed by atoms with Gasteiger partial charge in [0.25, 0.3) is 5.91 Å². The zero-order valence-electron chi connectivity index (χ0n) is 20.3. The first-order valence-electron chi connectivity index (χ1n) is 12.0. The number of hydrogen-bond acceptors (Lipinski definition) is 5. The van der Waals surface area contributed by atoms with Crippen LogP contribution in [0.15, 0.2) is 42.5 Å². The number of rotatable bonds is 8. The topological polar surface area (TPSA) is 68.3 Å². The smallest absolute Gasteiger partial charge is 0.250 e. The summed E-state index contributed by atoms with van der Waals surface area (Å²) in [6.45, 7) is 0.580. The maximum Gasteiger partial charge on any atom is 0.250 e.